The maximum Gasteiger partial charge on any atom is 0.417 e. The highest BCUT2D eigenvalue weighted by atomic mass is 19.4. The summed E-state index contributed by atoms with van der Waals surface area (Å²) in [7, 11) is 0. The topological polar surface area (TPSA) is 104 Å². The summed E-state index contributed by atoms with van der Waals surface area (Å²) < 4.78 is 41.0. The second-order valence-corrected chi connectivity index (χ2v) is 8.14. The lowest BCUT2D eigenvalue weighted by molar-refractivity contribution is -0.136. The number of nitrogens with two attached hydrogens (primary N) is 1. The molecule has 5 rings (SSSR count). The molecule has 0 bridgehead atoms. The van der Waals surface area contributed by atoms with Crippen LogP contribution in [0.3, 0.4) is 0 Å². The molecule has 1 aliphatic rings. The number of piperidine rings is 1. The summed E-state index contributed by atoms with van der Waals surface area (Å²) in [5.41, 5.74) is 6.88. The lowest BCUT2D eigenvalue weighted by Crippen LogP contribution is -2.40. The van der Waals surface area contributed by atoms with E-state index >= 15 is 0 Å². The van der Waals surface area contributed by atoms with E-state index in [4.69, 9.17) is 5.73 Å². The van der Waals surface area contributed by atoms with E-state index in [1.165, 1.54) is 0 Å². The first-order chi connectivity index (χ1) is 15.3. The van der Waals surface area contributed by atoms with Crippen LogP contribution in [0.15, 0.2) is 36.5 Å². The fourth-order valence-electron chi connectivity index (χ4n) is 4.50. The van der Waals surface area contributed by atoms with Gasteiger partial charge in [0.15, 0.2) is 5.65 Å². The first-order valence-electron chi connectivity index (χ1n) is 10.4. The third-order valence-electron chi connectivity index (χ3n) is 6.09. The van der Waals surface area contributed by atoms with Crippen LogP contribution in [0, 0.1) is 0 Å². The predicted molar refractivity (Wildman–Crippen MR) is 114 cm³/mol. The van der Waals surface area contributed by atoms with Crippen molar-refractivity contribution in [1.29, 1.82) is 0 Å². The summed E-state index contributed by atoms with van der Waals surface area (Å²) in [6.45, 7) is 0.887. The van der Waals surface area contributed by atoms with Gasteiger partial charge in [0.1, 0.15) is 5.82 Å². The van der Waals surface area contributed by atoms with Gasteiger partial charge >= 0.3 is 6.18 Å². The van der Waals surface area contributed by atoms with Gasteiger partial charge in [-0.05, 0) is 30.5 Å². The SMILES string of the molecule is Nc1[nH]nc2nc([C@@H]3CCCN(C(=O)Cc4c[nH]c5ccccc45)C3)cc(C(F)(F)F)c12. The summed E-state index contributed by atoms with van der Waals surface area (Å²) >= 11 is 0. The molecule has 3 aromatic heterocycles. The number of pyridine rings is 1. The van der Waals surface area contributed by atoms with Crippen molar-refractivity contribution >= 4 is 33.7 Å². The first kappa shape index (κ1) is 20.3. The van der Waals surface area contributed by atoms with Crippen LogP contribution < -0.4 is 5.73 Å². The van der Waals surface area contributed by atoms with Gasteiger partial charge in [0, 0.05) is 41.8 Å². The standard InChI is InChI=1S/C22H21F3N6O/c23-22(24,25)15-9-17(28-21-19(15)20(26)29-30-21)12-4-3-7-31(11-12)18(32)8-13-10-27-16-6-2-1-5-14(13)16/h1-2,5-6,9-10,12,27H,3-4,7-8,11H2,(H3,26,28,29,30)/t12-/m1/s1. The molecule has 7 nitrogen and oxygen atoms in total. The number of fused-ring (bicyclic) bond motifs is 2. The molecule has 4 heterocycles. The zero-order valence-corrected chi connectivity index (χ0v) is 17.0. The van der Waals surface area contributed by atoms with Crippen molar-refractivity contribution in [3.63, 3.8) is 0 Å². The van der Waals surface area contributed by atoms with E-state index in [2.05, 4.69) is 20.2 Å². The van der Waals surface area contributed by atoms with Crippen LogP contribution in [0.2, 0.25) is 0 Å². The number of carbonyl (C=O) groups excluding carboxylic acids is 1. The molecule has 1 aromatic carbocycles. The number of halogens is 3. The van der Waals surface area contributed by atoms with E-state index in [0.717, 1.165) is 22.5 Å². The number of nitrogen functional groups attached to an aromatic ring is 1. The summed E-state index contributed by atoms with van der Waals surface area (Å²) in [4.78, 5) is 22.2. The molecule has 1 fully saturated rings. The number of para-hydroxylation sites is 1. The van der Waals surface area contributed by atoms with Crippen molar-refractivity contribution < 1.29 is 18.0 Å². The summed E-state index contributed by atoms with van der Waals surface area (Å²) in [6.07, 6.45) is -1.20. The Kier molecular flexibility index (Phi) is 4.79. The minimum atomic E-state index is -4.59. The van der Waals surface area contributed by atoms with Crippen molar-refractivity contribution in [2.45, 2.75) is 31.4 Å². The number of rotatable bonds is 3. The van der Waals surface area contributed by atoms with Crippen LogP contribution >= 0.6 is 0 Å². The van der Waals surface area contributed by atoms with E-state index in [1.54, 1.807) is 4.90 Å². The lowest BCUT2D eigenvalue weighted by atomic mass is 9.92. The molecule has 166 valence electrons. The maximum atomic E-state index is 13.7. The summed E-state index contributed by atoms with van der Waals surface area (Å²) in [5.74, 6) is -0.523. The van der Waals surface area contributed by atoms with E-state index in [0.29, 0.717) is 25.9 Å². The Morgan fingerprint density at radius 1 is 1.28 bits per heavy atom. The summed E-state index contributed by atoms with van der Waals surface area (Å²) in [5, 5.41) is 6.99. The van der Waals surface area contributed by atoms with Gasteiger partial charge in [0.2, 0.25) is 5.91 Å². The Bertz CT molecular complexity index is 1310. The Morgan fingerprint density at radius 3 is 2.91 bits per heavy atom. The molecule has 0 aliphatic carbocycles. The van der Waals surface area contributed by atoms with Gasteiger partial charge in [-0.15, -0.1) is 0 Å². The molecule has 32 heavy (non-hydrogen) atoms. The van der Waals surface area contributed by atoms with Gasteiger partial charge in [0.05, 0.1) is 17.4 Å². The number of nitrogens with one attached hydrogen (secondary N) is 2. The smallest absolute Gasteiger partial charge is 0.383 e. The number of anilines is 1. The molecule has 0 radical (unpaired) electrons. The Balaban J connectivity index is 1.40. The first-order valence-corrected chi connectivity index (χ1v) is 10.4. The van der Waals surface area contributed by atoms with E-state index in [1.807, 2.05) is 30.5 Å². The normalized spacial score (nSPS) is 17.3. The lowest BCUT2D eigenvalue weighted by Gasteiger charge is -2.33. The van der Waals surface area contributed by atoms with Crippen LogP contribution in [0.1, 0.15) is 35.6 Å². The average Bonchev–Trinajstić information content (AvgIpc) is 3.36. The second-order valence-electron chi connectivity index (χ2n) is 8.14. The molecule has 1 atom stereocenters. The quantitative estimate of drug-likeness (QED) is 0.446. The molecule has 4 aromatic rings. The average molecular weight is 442 g/mol. The number of H-pyrrole nitrogens is 2. The fourth-order valence-corrected chi connectivity index (χ4v) is 4.50. The zero-order chi connectivity index (χ0) is 22.5. The van der Waals surface area contributed by atoms with Crippen LogP contribution in [0.5, 0.6) is 0 Å². The van der Waals surface area contributed by atoms with Crippen LogP contribution in [-0.4, -0.2) is 44.1 Å². The number of hydrogen-bond donors (Lipinski definition) is 3. The number of aromatic amines is 2. The van der Waals surface area contributed by atoms with Gasteiger partial charge in [-0.1, -0.05) is 18.2 Å². The van der Waals surface area contributed by atoms with Crippen molar-refractivity contribution in [3.8, 4) is 0 Å². The Morgan fingerprint density at radius 2 is 2.09 bits per heavy atom. The minimum Gasteiger partial charge on any atom is -0.383 e. The van der Waals surface area contributed by atoms with E-state index < -0.39 is 11.7 Å². The fraction of sp³-hybridized carbons (Fsp3) is 0.318. The molecule has 4 N–H and O–H groups in total. The molecule has 0 saturated carbocycles. The molecule has 10 heteroatoms. The maximum absolute atomic E-state index is 13.7. The number of nitrogens with zero attached hydrogens (tertiary/aromatic N) is 3. The molecule has 0 spiro atoms. The number of amides is 1. The number of aromatic nitrogens is 4. The van der Waals surface area contributed by atoms with Crippen molar-refractivity contribution in [1.82, 2.24) is 25.1 Å². The van der Waals surface area contributed by atoms with Gasteiger partial charge in [-0.3, -0.25) is 9.89 Å². The van der Waals surface area contributed by atoms with Crippen LogP contribution in [0.4, 0.5) is 19.0 Å². The third-order valence-corrected chi connectivity index (χ3v) is 6.09. The Hall–Kier alpha value is -3.56. The van der Waals surface area contributed by atoms with Gasteiger partial charge in [0.25, 0.3) is 0 Å². The van der Waals surface area contributed by atoms with Crippen molar-refractivity contribution in [2.75, 3.05) is 18.8 Å². The molecular weight excluding hydrogens is 421 g/mol. The summed E-state index contributed by atoms with van der Waals surface area (Å²) in [6, 6.07) is 8.80. The van der Waals surface area contributed by atoms with Crippen LogP contribution in [-0.2, 0) is 17.4 Å². The highest BCUT2D eigenvalue weighted by Crippen LogP contribution is 2.38. The number of carbonyl (C=O) groups is 1. The van der Waals surface area contributed by atoms with Crippen molar-refractivity contribution in [3.05, 3.63) is 53.3 Å². The van der Waals surface area contributed by atoms with Gasteiger partial charge in [-0.25, -0.2) is 4.98 Å². The zero-order valence-electron chi connectivity index (χ0n) is 17.0. The molecular formula is C22H21F3N6O. The van der Waals surface area contributed by atoms with E-state index in [-0.39, 0.29) is 40.8 Å². The number of alkyl halides is 3. The predicted octanol–water partition coefficient (Wildman–Crippen LogP) is 3.99. The van der Waals surface area contributed by atoms with Crippen molar-refractivity contribution in [2.24, 2.45) is 0 Å². The minimum absolute atomic E-state index is 0.0550. The molecule has 0 unspecified atom stereocenters. The van der Waals surface area contributed by atoms with Crippen LogP contribution in [0.25, 0.3) is 21.9 Å². The molecule has 1 aliphatic heterocycles. The highest BCUT2D eigenvalue weighted by molar-refractivity contribution is 5.90. The van der Waals surface area contributed by atoms with Gasteiger partial charge in [-0.2, -0.15) is 18.3 Å². The highest BCUT2D eigenvalue weighted by Gasteiger charge is 2.36. The van der Waals surface area contributed by atoms with E-state index in [9.17, 15) is 18.0 Å². The number of likely N-dealkylation sites (tertiary alicyclic amines) is 1. The Labute approximate surface area is 180 Å². The number of benzene rings is 1. The third kappa shape index (κ3) is 3.55. The second kappa shape index (κ2) is 7.54. The van der Waals surface area contributed by atoms with Gasteiger partial charge < -0.3 is 15.6 Å². The monoisotopic (exact) mass is 442 g/mol. The largest absolute Gasteiger partial charge is 0.417 e. The molecule has 1 saturated heterocycles. The molecule has 1 amide bonds. The number of hydrogen-bond acceptors (Lipinski definition) is 4.